The number of benzene rings is 2. The van der Waals surface area contributed by atoms with Crippen molar-refractivity contribution in [3.05, 3.63) is 65.5 Å². The van der Waals surface area contributed by atoms with E-state index < -0.39 is 6.04 Å². The molecule has 0 saturated carbocycles. The highest BCUT2D eigenvalue weighted by molar-refractivity contribution is 5.95. The second kappa shape index (κ2) is 9.99. The summed E-state index contributed by atoms with van der Waals surface area (Å²) < 4.78 is 13.3. The minimum atomic E-state index is -0.441. The van der Waals surface area contributed by atoms with Gasteiger partial charge in [-0.2, -0.15) is 0 Å². The van der Waals surface area contributed by atoms with Gasteiger partial charge in [0.05, 0.1) is 12.6 Å². The van der Waals surface area contributed by atoms with E-state index in [2.05, 4.69) is 5.32 Å². The highest BCUT2D eigenvalue weighted by atomic mass is 19.1. The van der Waals surface area contributed by atoms with Crippen molar-refractivity contribution in [2.75, 3.05) is 26.0 Å². The third-order valence-electron chi connectivity index (χ3n) is 4.77. The standard InChI is InChI=1S/C22H28FN3O2/c1-5-18-10-6-7-12-20(18)24-21(27)15-26(4)22(28)16(2)25(3)14-17-9-8-11-19(23)13-17/h6-13,16H,5,14-15H2,1-4H3,(H,24,27). The Labute approximate surface area is 166 Å². The van der Waals surface area contributed by atoms with E-state index in [0.29, 0.717) is 6.54 Å². The van der Waals surface area contributed by atoms with Gasteiger partial charge in [-0.05, 0) is 49.7 Å². The van der Waals surface area contributed by atoms with Gasteiger partial charge in [0.15, 0.2) is 0 Å². The van der Waals surface area contributed by atoms with Crippen molar-refractivity contribution in [2.24, 2.45) is 0 Å². The first kappa shape index (κ1) is 21.6. The first-order valence-electron chi connectivity index (χ1n) is 9.39. The van der Waals surface area contributed by atoms with Gasteiger partial charge in [0, 0.05) is 19.3 Å². The Balaban J connectivity index is 1.92. The molecule has 1 atom stereocenters. The number of carbonyl (C=O) groups is 2. The summed E-state index contributed by atoms with van der Waals surface area (Å²) >= 11 is 0. The van der Waals surface area contributed by atoms with Crippen LogP contribution in [0.4, 0.5) is 10.1 Å². The fourth-order valence-corrected chi connectivity index (χ4v) is 3.00. The quantitative estimate of drug-likeness (QED) is 0.759. The van der Waals surface area contributed by atoms with E-state index >= 15 is 0 Å². The molecular formula is C22H28FN3O2. The van der Waals surface area contributed by atoms with E-state index in [1.54, 1.807) is 27.1 Å². The van der Waals surface area contributed by atoms with Crippen LogP contribution in [0.2, 0.25) is 0 Å². The Hall–Kier alpha value is -2.73. The number of anilines is 1. The SMILES string of the molecule is CCc1ccccc1NC(=O)CN(C)C(=O)C(C)N(C)Cc1cccc(F)c1. The molecule has 1 N–H and O–H groups in total. The Morgan fingerprint density at radius 2 is 1.82 bits per heavy atom. The molecule has 0 saturated heterocycles. The molecule has 0 aliphatic carbocycles. The molecule has 0 spiro atoms. The number of hydrogen-bond donors (Lipinski definition) is 1. The molecule has 0 heterocycles. The van der Waals surface area contributed by atoms with Crippen LogP contribution in [0.25, 0.3) is 0 Å². The number of amides is 2. The first-order valence-corrected chi connectivity index (χ1v) is 9.39. The lowest BCUT2D eigenvalue weighted by Crippen LogP contribution is -2.46. The maximum atomic E-state index is 13.3. The molecular weight excluding hydrogens is 357 g/mol. The molecule has 2 aromatic rings. The highest BCUT2D eigenvalue weighted by Gasteiger charge is 2.23. The van der Waals surface area contributed by atoms with Crippen LogP contribution in [0, 0.1) is 5.82 Å². The smallest absolute Gasteiger partial charge is 0.243 e. The van der Waals surface area contributed by atoms with Crippen molar-refractivity contribution in [3.8, 4) is 0 Å². The lowest BCUT2D eigenvalue weighted by Gasteiger charge is -2.28. The van der Waals surface area contributed by atoms with Crippen molar-refractivity contribution < 1.29 is 14.0 Å². The zero-order chi connectivity index (χ0) is 20.7. The van der Waals surface area contributed by atoms with E-state index in [1.165, 1.54) is 17.0 Å². The number of carbonyl (C=O) groups excluding carboxylic acids is 2. The molecule has 28 heavy (non-hydrogen) atoms. The Bertz CT molecular complexity index is 825. The summed E-state index contributed by atoms with van der Waals surface area (Å²) in [5.41, 5.74) is 2.61. The van der Waals surface area contributed by atoms with Crippen LogP contribution in [-0.4, -0.2) is 48.3 Å². The fraction of sp³-hybridized carbons (Fsp3) is 0.364. The van der Waals surface area contributed by atoms with Crippen molar-refractivity contribution >= 4 is 17.5 Å². The van der Waals surface area contributed by atoms with E-state index in [1.807, 2.05) is 42.2 Å². The van der Waals surface area contributed by atoms with E-state index in [4.69, 9.17) is 0 Å². The average molecular weight is 385 g/mol. The second-order valence-corrected chi connectivity index (χ2v) is 6.97. The summed E-state index contributed by atoms with van der Waals surface area (Å²) in [5.74, 6) is -0.708. The highest BCUT2D eigenvalue weighted by Crippen LogP contribution is 2.15. The van der Waals surface area contributed by atoms with Gasteiger partial charge in [-0.1, -0.05) is 37.3 Å². The summed E-state index contributed by atoms with van der Waals surface area (Å²) in [5, 5.41) is 2.87. The summed E-state index contributed by atoms with van der Waals surface area (Å²) in [7, 11) is 3.42. The van der Waals surface area contributed by atoms with Gasteiger partial charge < -0.3 is 10.2 Å². The number of likely N-dealkylation sites (N-methyl/N-ethyl adjacent to an activating group) is 2. The van der Waals surface area contributed by atoms with Gasteiger partial charge >= 0.3 is 0 Å². The monoisotopic (exact) mass is 385 g/mol. The zero-order valence-corrected chi connectivity index (χ0v) is 16.9. The molecule has 0 aromatic heterocycles. The molecule has 6 heteroatoms. The number of nitrogens with one attached hydrogen (secondary N) is 1. The number of rotatable bonds is 8. The molecule has 0 radical (unpaired) electrons. The van der Waals surface area contributed by atoms with Gasteiger partial charge in [-0.3, -0.25) is 14.5 Å². The fourth-order valence-electron chi connectivity index (χ4n) is 3.00. The Kier molecular flexibility index (Phi) is 7.70. The Morgan fingerprint density at radius 1 is 1.11 bits per heavy atom. The molecule has 150 valence electrons. The number of para-hydroxylation sites is 1. The van der Waals surface area contributed by atoms with E-state index in [9.17, 15) is 14.0 Å². The topological polar surface area (TPSA) is 52.7 Å². The van der Waals surface area contributed by atoms with Crippen LogP contribution in [0.3, 0.4) is 0 Å². The van der Waals surface area contributed by atoms with Gasteiger partial charge in [-0.15, -0.1) is 0 Å². The minimum Gasteiger partial charge on any atom is -0.335 e. The lowest BCUT2D eigenvalue weighted by atomic mass is 10.1. The zero-order valence-electron chi connectivity index (χ0n) is 16.9. The van der Waals surface area contributed by atoms with Crippen molar-refractivity contribution in [2.45, 2.75) is 32.9 Å². The van der Waals surface area contributed by atoms with Gasteiger partial charge in [0.2, 0.25) is 11.8 Å². The average Bonchev–Trinajstić information content (AvgIpc) is 2.67. The van der Waals surface area contributed by atoms with Crippen LogP contribution in [0.1, 0.15) is 25.0 Å². The van der Waals surface area contributed by atoms with E-state index in [-0.39, 0.29) is 24.2 Å². The third-order valence-corrected chi connectivity index (χ3v) is 4.77. The van der Waals surface area contributed by atoms with Crippen LogP contribution < -0.4 is 5.32 Å². The molecule has 2 amide bonds. The number of halogens is 1. The molecule has 0 fully saturated rings. The third kappa shape index (κ3) is 5.89. The number of hydrogen-bond acceptors (Lipinski definition) is 3. The maximum Gasteiger partial charge on any atom is 0.243 e. The predicted octanol–water partition coefficient (Wildman–Crippen LogP) is 3.31. The second-order valence-electron chi connectivity index (χ2n) is 6.97. The van der Waals surface area contributed by atoms with Crippen LogP contribution in [0.15, 0.2) is 48.5 Å². The normalized spacial score (nSPS) is 11.9. The van der Waals surface area contributed by atoms with Crippen LogP contribution >= 0.6 is 0 Å². The van der Waals surface area contributed by atoms with E-state index in [0.717, 1.165) is 23.2 Å². The number of nitrogens with zero attached hydrogens (tertiary/aromatic N) is 2. The summed E-state index contributed by atoms with van der Waals surface area (Å²) in [6.07, 6.45) is 0.813. The molecule has 0 bridgehead atoms. The summed E-state index contributed by atoms with van der Waals surface area (Å²) in [6, 6.07) is 13.5. The predicted molar refractivity (Wildman–Crippen MR) is 109 cm³/mol. The van der Waals surface area contributed by atoms with Crippen molar-refractivity contribution in [3.63, 3.8) is 0 Å². The molecule has 2 aromatic carbocycles. The molecule has 2 rings (SSSR count). The van der Waals surface area contributed by atoms with Gasteiger partial charge in [0.25, 0.3) is 0 Å². The summed E-state index contributed by atoms with van der Waals surface area (Å²) in [6.45, 7) is 4.21. The maximum absolute atomic E-state index is 13.3. The van der Waals surface area contributed by atoms with Crippen LogP contribution in [-0.2, 0) is 22.6 Å². The minimum absolute atomic E-state index is 0.0327. The van der Waals surface area contributed by atoms with Gasteiger partial charge in [0.1, 0.15) is 5.82 Å². The van der Waals surface area contributed by atoms with Crippen LogP contribution in [0.5, 0.6) is 0 Å². The number of aryl methyl sites for hydroxylation is 1. The first-order chi connectivity index (χ1) is 13.3. The lowest BCUT2D eigenvalue weighted by molar-refractivity contribution is -0.137. The largest absolute Gasteiger partial charge is 0.335 e. The summed E-state index contributed by atoms with van der Waals surface area (Å²) in [4.78, 5) is 28.3. The molecule has 5 nitrogen and oxygen atoms in total. The Morgan fingerprint density at radius 3 is 2.50 bits per heavy atom. The molecule has 0 aliphatic rings. The molecule has 1 unspecified atom stereocenters. The van der Waals surface area contributed by atoms with Crippen molar-refractivity contribution in [1.82, 2.24) is 9.80 Å². The van der Waals surface area contributed by atoms with Gasteiger partial charge in [-0.25, -0.2) is 4.39 Å². The molecule has 0 aliphatic heterocycles. The van der Waals surface area contributed by atoms with Crippen molar-refractivity contribution in [1.29, 1.82) is 0 Å².